The molecule has 0 saturated heterocycles. The quantitative estimate of drug-likeness (QED) is 0.709. The highest BCUT2D eigenvalue weighted by molar-refractivity contribution is 5.97. The molecule has 0 bridgehead atoms. The summed E-state index contributed by atoms with van der Waals surface area (Å²) >= 11 is 0. The van der Waals surface area contributed by atoms with Crippen LogP contribution < -0.4 is 9.64 Å². The molecule has 0 aliphatic carbocycles. The molecule has 0 N–H and O–H groups in total. The van der Waals surface area contributed by atoms with Crippen LogP contribution in [0.25, 0.3) is 0 Å². The third-order valence-corrected chi connectivity index (χ3v) is 4.20. The summed E-state index contributed by atoms with van der Waals surface area (Å²) in [6.07, 6.45) is 7.41. The van der Waals surface area contributed by atoms with Gasteiger partial charge in [0.15, 0.2) is 6.61 Å². The minimum Gasteiger partial charge on any atom is -0.482 e. The van der Waals surface area contributed by atoms with Gasteiger partial charge in [-0.15, -0.1) is 0 Å². The van der Waals surface area contributed by atoms with Gasteiger partial charge in [-0.3, -0.25) is 4.79 Å². The Hall–Kier alpha value is -1.51. The zero-order valence-electron chi connectivity index (χ0n) is 13.3. The van der Waals surface area contributed by atoms with Gasteiger partial charge in [-0.05, 0) is 30.9 Å². The fraction of sp³-hybridized carbons (Fsp3) is 0.611. The van der Waals surface area contributed by atoms with E-state index in [1.54, 1.807) is 0 Å². The average molecular weight is 289 g/mol. The van der Waals surface area contributed by atoms with Crippen LogP contribution >= 0.6 is 0 Å². The standard InChI is InChI=1S/C18H27NO2/c1-3-8-15(9-4-2)10-7-13-19-16-11-5-6-12-17(16)21-14-18(19)20/h5-6,11-12,15H,3-4,7-10,13-14H2,1-2H3. The Morgan fingerprint density at radius 2 is 1.86 bits per heavy atom. The topological polar surface area (TPSA) is 29.5 Å². The number of carbonyl (C=O) groups is 1. The van der Waals surface area contributed by atoms with Crippen LogP contribution in [-0.4, -0.2) is 19.1 Å². The Kier molecular flexibility index (Phi) is 6.09. The smallest absolute Gasteiger partial charge is 0.265 e. The molecule has 0 saturated carbocycles. The molecule has 2 rings (SSSR count). The van der Waals surface area contributed by atoms with Gasteiger partial charge in [0.1, 0.15) is 5.75 Å². The number of rotatable bonds is 8. The second kappa shape index (κ2) is 8.06. The van der Waals surface area contributed by atoms with Crippen molar-refractivity contribution in [2.45, 2.75) is 52.4 Å². The van der Waals surface area contributed by atoms with Crippen molar-refractivity contribution in [3.05, 3.63) is 24.3 Å². The zero-order chi connectivity index (χ0) is 15.1. The van der Waals surface area contributed by atoms with Crippen LogP contribution in [0.1, 0.15) is 52.4 Å². The largest absolute Gasteiger partial charge is 0.482 e. The first-order valence-corrected chi connectivity index (χ1v) is 8.28. The average Bonchev–Trinajstić information content (AvgIpc) is 2.50. The lowest BCUT2D eigenvalue weighted by atomic mass is 9.93. The molecular weight excluding hydrogens is 262 g/mol. The Bertz CT molecular complexity index is 452. The van der Waals surface area contributed by atoms with E-state index in [1.807, 2.05) is 29.2 Å². The molecule has 1 aliphatic rings. The van der Waals surface area contributed by atoms with Crippen LogP contribution in [0.2, 0.25) is 0 Å². The van der Waals surface area contributed by atoms with Gasteiger partial charge in [0.25, 0.3) is 5.91 Å². The highest BCUT2D eigenvalue weighted by Crippen LogP contribution is 2.32. The highest BCUT2D eigenvalue weighted by atomic mass is 16.5. The van der Waals surface area contributed by atoms with Crippen LogP contribution in [0.4, 0.5) is 5.69 Å². The van der Waals surface area contributed by atoms with Crippen molar-refractivity contribution in [2.75, 3.05) is 18.1 Å². The summed E-state index contributed by atoms with van der Waals surface area (Å²) in [5.74, 6) is 1.72. The molecule has 0 spiro atoms. The summed E-state index contributed by atoms with van der Waals surface area (Å²) in [5, 5.41) is 0. The summed E-state index contributed by atoms with van der Waals surface area (Å²) in [6, 6.07) is 7.82. The van der Waals surface area contributed by atoms with Gasteiger partial charge in [0.2, 0.25) is 0 Å². The zero-order valence-corrected chi connectivity index (χ0v) is 13.3. The molecule has 21 heavy (non-hydrogen) atoms. The van der Waals surface area contributed by atoms with E-state index in [9.17, 15) is 4.79 Å². The molecule has 0 aromatic heterocycles. The second-order valence-corrected chi connectivity index (χ2v) is 5.89. The number of hydrogen-bond donors (Lipinski definition) is 0. The van der Waals surface area contributed by atoms with Gasteiger partial charge >= 0.3 is 0 Å². The van der Waals surface area contributed by atoms with Crippen LogP contribution in [0, 0.1) is 5.92 Å². The van der Waals surface area contributed by atoms with Crippen molar-refractivity contribution >= 4 is 11.6 Å². The van der Waals surface area contributed by atoms with Gasteiger partial charge in [-0.25, -0.2) is 0 Å². The second-order valence-electron chi connectivity index (χ2n) is 5.89. The maximum atomic E-state index is 12.1. The predicted octanol–water partition coefficient (Wildman–Crippen LogP) is 4.41. The van der Waals surface area contributed by atoms with E-state index in [1.165, 1.54) is 32.1 Å². The fourth-order valence-electron chi connectivity index (χ4n) is 3.19. The summed E-state index contributed by atoms with van der Waals surface area (Å²) in [4.78, 5) is 14.0. The Morgan fingerprint density at radius 1 is 1.14 bits per heavy atom. The van der Waals surface area contributed by atoms with Crippen molar-refractivity contribution in [3.63, 3.8) is 0 Å². The number of amides is 1. The number of anilines is 1. The van der Waals surface area contributed by atoms with Gasteiger partial charge in [-0.1, -0.05) is 51.7 Å². The first-order valence-electron chi connectivity index (χ1n) is 8.28. The monoisotopic (exact) mass is 289 g/mol. The lowest BCUT2D eigenvalue weighted by Crippen LogP contribution is -2.39. The molecule has 3 heteroatoms. The molecule has 0 unspecified atom stereocenters. The summed E-state index contributed by atoms with van der Waals surface area (Å²) in [5.41, 5.74) is 0.927. The van der Waals surface area contributed by atoms with Crippen molar-refractivity contribution in [2.24, 2.45) is 5.92 Å². The lowest BCUT2D eigenvalue weighted by molar-refractivity contribution is -0.121. The van der Waals surface area contributed by atoms with Crippen molar-refractivity contribution in [3.8, 4) is 5.75 Å². The van der Waals surface area contributed by atoms with E-state index in [0.29, 0.717) is 0 Å². The number of hydrogen-bond acceptors (Lipinski definition) is 2. The maximum Gasteiger partial charge on any atom is 0.265 e. The Balaban J connectivity index is 1.91. The molecule has 0 radical (unpaired) electrons. The first-order chi connectivity index (χ1) is 10.3. The molecule has 1 aromatic carbocycles. The van der Waals surface area contributed by atoms with Crippen LogP contribution in [0.3, 0.4) is 0 Å². The van der Waals surface area contributed by atoms with Gasteiger partial charge < -0.3 is 9.64 Å². The molecule has 1 amide bonds. The number of benzene rings is 1. The van der Waals surface area contributed by atoms with E-state index in [-0.39, 0.29) is 12.5 Å². The van der Waals surface area contributed by atoms with Crippen molar-refractivity contribution in [1.29, 1.82) is 0 Å². The first kappa shape index (κ1) is 15.9. The van der Waals surface area contributed by atoms with Crippen LogP contribution in [-0.2, 0) is 4.79 Å². The van der Waals surface area contributed by atoms with E-state index in [2.05, 4.69) is 13.8 Å². The van der Waals surface area contributed by atoms with E-state index < -0.39 is 0 Å². The lowest BCUT2D eigenvalue weighted by Gasteiger charge is -2.29. The van der Waals surface area contributed by atoms with E-state index >= 15 is 0 Å². The maximum absolute atomic E-state index is 12.1. The number of ether oxygens (including phenoxy) is 1. The van der Waals surface area contributed by atoms with Crippen LogP contribution in [0.15, 0.2) is 24.3 Å². The number of carbonyl (C=O) groups excluding carboxylic acids is 1. The van der Waals surface area contributed by atoms with Crippen LogP contribution in [0.5, 0.6) is 5.75 Å². The third kappa shape index (κ3) is 4.23. The predicted molar refractivity (Wildman–Crippen MR) is 86.8 cm³/mol. The summed E-state index contributed by atoms with van der Waals surface area (Å²) in [7, 11) is 0. The molecular formula is C18H27NO2. The molecule has 3 nitrogen and oxygen atoms in total. The fourth-order valence-corrected chi connectivity index (χ4v) is 3.19. The number of nitrogens with zero attached hydrogens (tertiary/aromatic N) is 1. The number of para-hydroxylation sites is 2. The molecule has 1 aliphatic heterocycles. The number of fused-ring (bicyclic) bond motifs is 1. The van der Waals surface area contributed by atoms with E-state index in [0.717, 1.165) is 30.3 Å². The minimum atomic E-state index is 0.0798. The Labute approximate surface area is 128 Å². The van der Waals surface area contributed by atoms with Gasteiger partial charge in [0, 0.05) is 6.54 Å². The summed E-state index contributed by atoms with van der Waals surface area (Å²) < 4.78 is 5.48. The van der Waals surface area contributed by atoms with Crippen molar-refractivity contribution in [1.82, 2.24) is 0 Å². The molecule has 0 fully saturated rings. The van der Waals surface area contributed by atoms with Gasteiger partial charge in [-0.2, -0.15) is 0 Å². The SMILES string of the molecule is CCCC(CCC)CCCN1C(=O)COc2ccccc21. The van der Waals surface area contributed by atoms with Crippen molar-refractivity contribution < 1.29 is 9.53 Å². The van der Waals surface area contributed by atoms with E-state index in [4.69, 9.17) is 4.74 Å². The summed E-state index contributed by atoms with van der Waals surface area (Å²) in [6.45, 7) is 5.49. The molecule has 1 aromatic rings. The van der Waals surface area contributed by atoms with Gasteiger partial charge in [0.05, 0.1) is 5.69 Å². The minimum absolute atomic E-state index is 0.0798. The Morgan fingerprint density at radius 3 is 2.57 bits per heavy atom. The normalized spacial score (nSPS) is 14.2. The molecule has 0 atom stereocenters. The third-order valence-electron chi connectivity index (χ3n) is 4.20. The highest BCUT2D eigenvalue weighted by Gasteiger charge is 2.24. The molecule has 1 heterocycles. The molecule has 116 valence electrons.